The lowest BCUT2D eigenvalue weighted by Gasteiger charge is -2.22. The minimum atomic E-state index is -0.0383. The van der Waals surface area contributed by atoms with E-state index in [1.165, 1.54) is 18.4 Å². The lowest BCUT2D eigenvalue weighted by atomic mass is 10.1. The fourth-order valence-electron chi connectivity index (χ4n) is 4.11. The predicted molar refractivity (Wildman–Crippen MR) is 119 cm³/mol. The summed E-state index contributed by atoms with van der Waals surface area (Å²) >= 11 is 0. The second-order valence-electron chi connectivity index (χ2n) is 8.51. The van der Waals surface area contributed by atoms with Crippen LogP contribution in [0.25, 0.3) is 0 Å². The van der Waals surface area contributed by atoms with E-state index in [-0.39, 0.29) is 24.4 Å². The molecule has 0 spiro atoms. The SMILES string of the molecule is CN(C)C(=O)CN=C(NCCc1ccccc1)NC1CCN(C(=O)C2CCCC2)C1. The molecule has 1 aromatic rings. The first-order valence-electron chi connectivity index (χ1n) is 11.1. The zero-order chi connectivity index (χ0) is 21.3. The third kappa shape index (κ3) is 6.47. The maximum Gasteiger partial charge on any atom is 0.243 e. The Morgan fingerprint density at radius 1 is 1.13 bits per heavy atom. The van der Waals surface area contributed by atoms with Gasteiger partial charge in [0.05, 0.1) is 0 Å². The number of amides is 2. The van der Waals surface area contributed by atoms with E-state index in [2.05, 4.69) is 27.8 Å². The predicted octanol–water partition coefficient (Wildman–Crippen LogP) is 1.64. The molecule has 0 aromatic heterocycles. The topological polar surface area (TPSA) is 77.0 Å². The number of nitrogens with zero attached hydrogens (tertiary/aromatic N) is 3. The molecule has 7 heteroatoms. The van der Waals surface area contributed by atoms with Gasteiger partial charge in [-0.25, -0.2) is 4.99 Å². The lowest BCUT2D eigenvalue weighted by Crippen LogP contribution is -2.46. The molecule has 164 valence electrons. The summed E-state index contributed by atoms with van der Waals surface area (Å²) in [6, 6.07) is 10.4. The summed E-state index contributed by atoms with van der Waals surface area (Å²) in [4.78, 5) is 32.7. The Labute approximate surface area is 179 Å². The van der Waals surface area contributed by atoms with Crippen molar-refractivity contribution < 1.29 is 9.59 Å². The first kappa shape index (κ1) is 22.1. The van der Waals surface area contributed by atoms with Crippen molar-refractivity contribution in [1.29, 1.82) is 0 Å². The Kier molecular flexibility index (Phi) is 8.11. The minimum absolute atomic E-state index is 0.0383. The zero-order valence-electron chi connectivity index (χ0n) is 18.3. The van der Waals surface area contributed by atoms with Gasteiger partial charge in [-0.1, -0.05) is 43.2 Å². The van der Waals surface area contributed by atoms with E-state index < -0.39 is 0 Å². The average molecular weight is 414 g/mol. The highest BCUT2D eigenvalue weighted by Crippen LogP contribution is 2.27. The maximum atomic E-state index is 12.7. The summed E-state index contributed by atoms with van der Waals surface area (Å²) in [6.07, 6.45) is 6.20. The highest BCUT2D eigenvalue weighted by atomic mass is 16.2. The summed E-state index contributed by atoms with van der Waals surface area (Å²) in [5, 5.41) is 6.80. The van der Waals surface area contributed by atoms with E-state index in [0.717, 1.165) is 38.8 Å². The van der Waals surface area contributed by atoms with Crippen LogP contribution in [0.5, 0.6) is 0 Å². The first-order chi connectivity index (χ1) is 14.5. The molecule has 1 heterocycles. The highest BCUT2D eigenvalue weighted by molar-refractivity contribution is 5.85. The van der Waals surface area contributed by atoms with Crippen LogP contribution in [0.2, 0.25) is 0 Å². The van der Waals surface area contributed by atoms with E-state index in [9.17, 15) is 9.59 Å². The molecule has 1 aliphatic heterocycles. The van der Waals surface area contributed by atoms with Crippen LogP contribution in [0.4, 0.5) is 0 Å². The summed E-state index contributed by atoms with van der Waals surface area (Å²) in [5.41, 5.74) is 1.25. The van der Waals surface area contributed by atoms with Crippen LogP contribution < -0.4 is 10.6 Å². The summed E-state index contributed by atoms with van der Waals surface area (Å²) in [7, 11) is 3.47. The molecule has 1 unspecified atom stereocenters. The summed E-state index contributed by atoms with van der Waals surface area (Å²) < 4.78 is 0. The fourth-order valence-corrected chi connectivity index (χ4v) is 4.11. The van der Waals surface area contributed by atoms with E-state index >= 15 is 0 Å². The third-order valence-electron chi connectivity index (χ3n) is 5.97. The summed E-state index contributed by atoms with van der Waals surface area (Å²) in [6.45, 7) is 2.33. The van der Waals surface area contributed by atoms with Crippen molar-refractivity contribution in [1.82, 2.24) is 20.4 Å². The Bertz CT molecular complexity index is 728. The molecule has 2 amide bonds. The molecule has 3 rings (SSSR count). The van der Waals surface area contributed by atoms with E-state index in [4.69, 9.17) is 0 Å². The van der Waals surface area contributed by atoms with Crippen LogP contribution in [0.3, 0.4) is 0 Å². The van der Waals surface area contributed by atoms with E-state index in [0.29, 0.717) is 18.4 Å². The standard InChI is InChI=1S/C23H35N5O2/c1-27(2)21(29)16-25-23(24-14-12-18-8-4-3-5-9-18)26-20-13-15-28(17-20)22(30)19-10-6-7-11-19/h3-5,8-9,19-20H,6-7,10-17H2,1-2H3,(H2,24,25,26). The van der Waals surface area contributed by atoms with Crippen LogP contribution in [0.15, 0.2) is 35.3 Å². The second kappa shape index (κ2) is 11.0. The van der Waals surface area contributed by atoms with Crippen molar-refractivity contribution in [2.45, 2.75) is 44.6 Å². The molecule has 7 nitrogen and oxygen atoms in total. The van der Waals surface area contributed by atoms with Gasteiger partial charge < -0.3 is 20.4 Å². The van der Waals surface area contributed by atoms with Gasteiger partial charge in [0, 0.05) is 45.7 Å². The van der Waals surface area contributed by atoms with Crippen LogP contribution in [0, 0.1) is 5.92 Å². The van der Waals surface area contributed by atoms with Crippen molar-refractivity contribution in [2.75, 3.05) is 40.3 Å². The zero-order valence-corrected chi connectivity index (χ0v) is 18.3. The number of benzene rings is 1. The van der Waals surface area contributed by atoms with Crippen LogP contribution >= 0.6 is 0 Å². The largest absolute Gasteiger partial charge is 0.356 e. The van der Waals surface area contributed by atoms with Gasteiger partial charge in [-0.05, 0) is 31.2 Å². The second-order valence-corrected chi connectivity index (χ2v) is 8.51. The quantitative estimate of drug-likeness (QED) is 0.526. The molecule has 1 aliphatic carbocycles. The van der Waals surface area contributed by atoms with Crippen molar-refractivity contribution in [3.05, 3.63) is 35.9 Å². The van der Waals surface area contributed by atoms with E-state index in [1.54, 1.807) is 19.0 Å². The number of carbonyl (C=O) groups excluding carboxylic acids is 2. The van der Waals surface area contributed by atoms with Gasteiger partial charge in [0.2, 0.25) is 11.8 Å². The first-order valence-corrected chi connectivity index (χ1v) is 11.1. The smallest absolute Gasteiger partial charge is 0.243 e. The molecule has 1 saturated heterocycles. The molecule has 0 radical (unpaired) electrons. The number of carbonyl (C=O) groups is 2. The van der Waals surface area contributed by atoms with E-state index in [1.807, 2.05) is 23.1 Å². The Morgan fingerprint density at radius 2 is 1.87 bits per heavy atom. The van der Waals surface area contributed by atoms with Gasteiger partial charge >= 0.3 is 0 Å². The number of likely N-dealkylation sites (N-methyl/N-ethyl adjacent to an activating group) is 1. The van der Waals surface area contributed by atoms with Gasteiger partial charge in [-0.3, -0.25) is 9.59 Å². The fraction of sp³-hybridized carbons (Fsp3) is 0.609. The number of hydrogen-bond acceptors (Lipinski definition) is 3. The molecule has 1 atom stereocenters. The number of hydrogen-bond donors (Lipinski definition) is 2. The molecule has 30 heavy (non-hydrogen) atoms. The molecular weight excluding hydrogens is 378 g/mol. The Morgan fingerprint density at radius 3 is 2.57 bits per heavy atom. The van der Waals surface area contributed by atoms with Crippen molar-refractivity contribution in [3.8, 4) is 0 Å². The average Bonchev–Trinajstić information content (AvgIpc) is 3.44. The third-order valence-corrected chi connectivity index (χ3v) is 5.97. The maximum absolute atomic E-state index is 12.7. The monoisotopic (exact) mass is 413 g/mol. The van der Waals surface area contributed by atoms with Crippen LogP contribution in [-0.4, -0.2) is 73.9 Å². The number of nitrogens with one attached hydrogen (secondary N) is 2. The normalized spacial score (nSPS) is 19.7. The molecular formula is C23H35N5O2. The summed E-state index contributed by atoms with van der Waals surface area (Å²) in [5.74, 6) is 1.14. The number of likely N-dealkylation sites (tertiary alicyclic amines) is 1. The number of rotatable bonds is 7. The van der Waals surface area contributed by atoms with Crippen molar-refractivity contribution in [3.63, 3.8) is 0 Å². The molecule has 0 bridgehead atoms. The van der Waals surface area contributed by atoms with Crippen molar-refractivity contribution in [2.24, 2.45) is 10.9 Å². The van der Waals surface area contributed by atoms with Crippen molar-refractivity contribution >= 4 is 17.8 Å². The lowest BCUT2D eigenvalue weighted by molar-refractivity contribution is -0.134. The van der Waals surface area contributed by atoms with Gasteiger partial charge in [-0.15, -0.1) is 0 Å². The van der Waals surface area contributed by atoms with Crippen LogP contribution in [0.1, 0.15) is 37.7 Å². The van der Waals surface area contributed by atoms with Gasteiger partial charge in [0.25, 0.3) is 0 Å². The number of aliphatic imine (C=N–C) groups is 1. The highest BCUT2D eigenvalue weighted by Gasteiger charge is 2.32. The molecule has 2 aliphatic rings. The Hall–Kier alpha value is -2.57. The molecule has 1 saturated carbocycles. The minimum Gasteiger partial charge on any atom is -0.356 e. The van der Waals surface area contributed by atoms with Gasteiger partial charge in [0.15, 0.2) is 5.96 Å². The Balaban J connectivity index is 1.53. The molecule has 2 fully saturated rings. The number of guanidine groups is 1. The molecule has 1 aromatic carbocycles. The van der Waals surface area contributed by atoms with Crippen LogP contribution in [-0.2, 0) is 16.0 Å². The molecule has 2 N–H and O–H groups in total. The van der Waals surface area contributed by atoms with Gasteiger partial charge in [-0.2, -0.15) is 0 Å². The van der Waals surface area contributed by atoms with Gasteiger partial charge in [0.1, 0.15) is 6.54 Å².